The first-order valence-corrected chi connectivity index (χ1v) is 16.3. The van der Waals surface area contributed by atoms with Crippen LogP contribution in [0.5, 0.6) is 6.01 Å². The Labute approximate surface area is 262 Å². The molecule has 4 heterocycles. The van der Waals surface area contributed by atoms with E-state index in [0.29, 0.717) is 30.3 Å². The zero-order chi connectivity index (χ0) is 31.1. The van der Waals surface area contributed by atoms with E-state index in [9.17, 15) is 4.79 Å². The van der Waals surface area contributed by atoms with E-state index in [-0.39, 0.29) is 11.9 Å². The summed E-state index contributed by atoms with van der Waals surface area (Å²) in [4.78, 5) is 28.9. The van der Waals surface area contributed by atoms with Gasteiger partial charge >= 0.3 is 6.01 Å². The lowest BCUT2D eigenvalue weighted by atomic mass is 10.0. The molecule has 0 radical (unpaired) electrons. The summed E-state index contributed by atoms with van der Waals surface area (Å²) in [6.07, 6.45) is 11.6. The lowest BCUT2D eigenvalue weighted by Gasteiger charge is -2.36. The van der Waals surface area contributed by atoms with Crippen LogP contribution in [0.4, 0.5) is 5.95 Å². The zero-order valence-corrected chi connectivity index (χ0v) is 27.2. The Morgan fingerprint density at radius 2 is 1.82 bits per heavy atom. The number of benzene rings is 1. The molecule has 10 heteroatoms. The molecular formula is C34H50N8O2. The predicted molar refractivity (Wildman–Crippen MR) is 175 cm³/mol. The van der Waals surface area contributed by atoms with Crippen LogP contribution in [0.15, 0.2) is 42.6 Å². The van der Waals surface area contributed by atoms with Crippen molar-refractivity contribution in [2.45, 2.75) is 77.0 Å². The molecule has 10 nitrogen and oxygen atoms in total. The molecule has 0 spiro atoms. The number of nitrogens with zero attached hydrogens (tertiary/aromatic N) is 7. The van der Waals surface area contributed by atoms with Crippen LogP contribution in [0.2, 0.25) is 0 Å². The van der Waals surface area contributed by atoms with Crippen molar-refractivity contribution in [3.63, 3.8) is 0 Å². The number of hydrogen-bond acceptors (Lipinski definition) is 9. The minimum Gasteiger partial charge on any atom is -0.460 e. The van der Waals surface area contributed by atoms with E-state index in [1.165, 1.54) is 18.4 Å². The monoisotopic (exact) mass is 602 g/mol. The van der Waals surface area contributed by atoms with Gasteiger partial charge in [0, 0.05) is 50.7 Å². The van der Waals surface area contributed by atoms with Crippen molar-refractivity contribution in [2.75, 3.05) is 59.2 Å². The number of hydrogen-bond donors (Lipinski definition) is 1. The number of likely N-dealkylation sites (tertiary alicyclic amines) is 2. The van der Waals surface area contributed by atoms with Crippen LogP contribution < -0.4 is 10.1 Å². The second-order valence-electron chi connectivity index (χ2n) is 13.1. The van der Waals surface area contributed by atoms with Crippen LogP contribution >= 0.6 is 0 Å². The molecule has 3 aromatic rings. The van der Waals surface area contributed by atoms with Gasteiger partial charge in [-0.1, -0.05) is 50.6 Å². The van der Waals surface area contributed by atoms with Crippen LogP contribution in [0.25, 0.3) is 5.65 Å². The number of anilines is 1. The zero-order valence-electron chi connectivity index (χ0n) is 27.2. The second kappa shape index (κ2) is 15.1. The number of nitrogens with one attached hydrogen (secondary N) is 1. The van der Waals surface area contributed by atoms with Gasteiger partial charge in [0.2, 0.25) is 5.95 Å². The number of ether oxygens (including phenoxy) is 1. The number of carbonyl (C=O) groups is 1. The molecule has 1 aromatic carbocycles. The minimum absolute atomic E-state index is 0.129. The van der Waals surface area contributed by atoms with E-state index >= 15 is 0 Å². The number of carbonyl (C=O) groups excluding carboxylic acids is 1. The number of likely N-dealkylation sites (N-methyl/N-ethyl adjacent to an activating group) is 1. The van der Waals surface area contributed by atoms with Crippen molar-refractivity contribution < 1.29 is 9.53 Å². The van der Waals surface area contributed by atoms with E-state index in [2.05, 4.69) is 65.4 Å². The highest BCUT2D eigenvalue weighted by atomic mass is 16.5. The Morgan fingerprint density at radius 1 is 1.07 bits per heavy atom. The molecule has 0 amide bonds. The van der Waals surface area contributed by atoms with E-state index in [1.54, 1.807) is 6.08 Å². The third kappa shape index (κ3) is 8.64. The van der Waals surface area contributed by atoms with E-state index in [1.807, 2.05) is 35.8 Å². The van der Waals surface area contributed by atoms with Gasteiger partial charge in [-0.25, -0.2) is 0 Å². The lowest BCUT2D eigenvalue weighted by Crippen LogP contribution is -2.43. The van der Waals surface area contributed by atoms with Crippen LogP contribution in [0.3, 0.4) is 0 Å². The standard InChI is InChI=1S/C34H50N8O2/c1-25(2)31-23-36-42-32(31)37-34(44-30-15-19-40(5)20-16-30)38-33(42)35-22-28-9-6-7-18-41(28)24-27-13-11-26(12-14-27)21-29(43)10-8-17-39(3)4/h8,10-14,23,25,28,30H,6-7,9,15-22,24H2,1-5H3,(H,35,37,38)/b10-8+. The van der Waals surface area contributed by atoms with Gasteiger partial charge in [-0.05, 0) is 76.5 Å². The Morgan fingerprint density at radius 3 is 2.55 bits per heavy atom. The average Bonchev–Trinajstić information content (AvgIpc) is 3.43. The van der Waals surface area contributed by atoms with Gasteiger partial charge in [-0.15, -0.1) is 0 Å². The molecule has 0 aliphatic carbocycles. The van der Waals surface area contributed by atoms with Gasteiger partial charge in [-0.3, -0.25) is 9.69 Å². The summed E-state index contributed by atoms with van der Waals surface area (Å²) in [5.41, 5.74) is 4.23. The fourth-order valence-electron chi connectivity index (χ4n) is 6.06. The number of ketones is 1. The summed E-state index contributed by atoms with van der Waals surface area (Å²) in [6, 6.07) is 9.33. The molecule has 44 heavy (non-hydrogen) atoms. The third-order valence-electron chi connectivity index (χ3n) is 8.74. The van der Waals surface area contributed by atoms with Gasteiger partial charge in [0.25, 0.3) is 0 Å². The predicted octanol–water partition coefficient (Wildman–Crippen LogP) is 4.42. The van der Waals surface area contributed by atoms with Crippen molar-refractivity contribution >= 4 is 17.4 Å². The maximum absolute atomic E-state index is 12.3. The topological polar surface area (TPSA) is 91.1 Å². The second-order valence-corrected chi connectivity index (χ2v) is 13.1. The van der Waals surface area contributed by atoms with Gasteiger partial charge in [-0.2, -0.15) is 19.6 Å². The molecule has 1 N–H and O–H groups in total. The summed E-state index contributed by atoms with van der Waals surface area (Å²) in [7, 11) is 6.15. The number of rotatable bonds is 13. The highest BCUT2D eigenvalue weighted by Crippen LogP contribution is 2.25. The minimum atomic E-state index is 0.129. The van der Waals surface area contributed by atoms with E-state index in [0.717, 1.165) is 75.3 Å². The maximum atomic E-state index is 12.3. The molecule has 1 atom stereocenters. The van der Waals surface area contributed by atoms with Crippen LogP contribution in [0.1, 0.15) is 68.6 Å². The average molecular weight is 603 g/mol. The molecule has 5 rings (SSSR count). The Bertz CT molecular complexity index is 1390. The van der Waals surface area contributed by atoms with E-state index < -0.39 is 0 Å². The number of fused-ring (bicyclic) bond motifs is 1. The summed E-state index contributed by atoms with van der Waals surface area (Å²) in [5.74, 6) is 1.12. The molecular weight excluding hydrogens is 552 g/mol. The molecule has 2 saturated heterocycles. The molecule has 2 aliphatic heterocycles. The Balaban J connectivity index is 1.24. The molecule has 238 valence electrons. The van der Waals surface area contributed by atoms with Crippen LogP contribution in [-0.4, -0.2) is 106 Å². The Hall–Kier alpha value is -3.34. The number of aromatic nitrogens is 4. The largest absolute Gasteiger partial charge is 0.460 e. The summed E-state index contributed by atoms with van der Waals surface area (Å²) < 4.78 is 8.18. The lowest BCUT2D eigenvalue weighted by molar-refractivity contribution is -0.114. The van der Waals surface area contributed by atoms with Crippen LogP contribution in [0, 0.1) is 0 Å². The van der Waals surface area contributed by atoms with Crippen molar-refractivity contribution in [2.24, 2.45) is 0 Å². The van der Waals surface area contributed by atoms with Crippen molar-refractivity contribution in [3.8, 4) is 6.01 Å². The van der Waals surface area contributed by atoms with Crippen molar-refractivity contribution in [3.05, 3.63) is 59.3 Å². The maximum Gasteiger partial charge on any atom is 0.322 e. The van der Waals surface area contributed by atoms with Crippen LogP contribution in [-0.2, 0) is 17.8 Å². The number of allylic oxidation sites excluding steroid dienone is 1. The molecule has 1 unspecified atom stereocenters. The summed E-state index contributed by atoms with van der Waals surface area (Å²) in [5, 5.41) is 8.30. The number of piperidine rings is 2. The molecule has 0 saturated carbocycles. The van der Waals surface area contributed by atoms with Gasteiger partial charge in [0.1, 0.15) is 6.10 Å². The summed E-state index contributed by atoms with van der Waals surface area (Å²) >= 11 is 0. The third-order valence-corrected chi connectivity index (χ3v) is 8.74. The highest BCUT2D eigenvalue weighted by molar-refractivity contribution is 5.91. The first-order valence-electron chi connectivity index (χ1n) is 16.3. The van der Waals surface area contributed by atoms with Crippen molar-refractivity contribution in [1.29, 1.82) is 0 Å². The fourth-order valence-corrected chi connectivity index (χ4v) is 6.06. The van der Waals surface area contributed by atoms with Gasteiger partial charge < -0.3 is 19.9 Å². The first-order chi connectivity index (χ1) is 21.2. The van der Waals surface area contributed by atoms with Gasteiger partial charge in [0.05, 0.1) is 6.20 Å². The fraction of sp³-hybridized carbons (Fsp3) is 0.588. The van der Waals surface area contributed by atoms with Gasteiger partial charge in [0.15, 0.2) is 11.4 Å². The summed E-state index contributed by atoms with van der Waals surface area (Å²) in [6.45, 7) is 9.85. The van der Waals surface area contributed by atoms with E-state index in [4.69, 9.17) is 14.7 Å². The molecule has 2 fully saturated rings. The SMILES string of the molecule is CC(C)c1cnn2c(NCC3CCCCN3Cc3ccc(CC(=O)/C=C/CN(C)C)cc3)nc(OC3CCN(C)CC3)nc12. The normalized spacial score (nSPS) is 19.0. The molecule has 0 bridgehead atoms. The Kier molecular flexibility index (Phi) is 11.0. The highest BCUT2D eigenvalue weighted by Gasteiger charge is 2.25. The quantitative estimate of drug-likeness (QED) is 0.286. The molecule has 2 aliphatic rings. The van der Waals surface area contributed by atoms with Crippen molar-refractivity contribution in [1.82, 2.24) is 34.3 Å². The first kappa shape index (κ1) is 32.1. The molecule has 2 aromatic heterocycles. The smallest absolute Gasteiger partial charge is 0.322 e.